The van der Waals surface area contributed by atoms with Gasteiger partial charge in [0.1, 0.15) is 0 Å². The van der Waals surface area contributed by atoms with E-state index in [-0.39, 0.29) is 23.7 Å². The number of halogens is 1. The van der Waals surface area contributed by atoms with E-state index in [1.807, 2.05) is 12.1 Å². The molecule has 0 aromatic heterocycles. The molecule has 2 heterocycles. The first kappa shape index (κ1) is 12.4. The highest BCUT2D eigenvalue weighted by molar-refractivity contribution is 5.95. The summed E-state index contributed by atoms with van der Waals surface area (Å²) in [4.78, 5) is 11.8. The van der Waals surface area contributed by atoms with Gasteiger partial charge in [-0.1, -0.05) is 18.2 Å². The van der Waals surface area contributed by atoms with E-state index in [1.54, 1.807) is 0 Å². The Morgan fingerprint density at radius 3 is 2.59 bits per heavy atom. The normalized spacial score (nSPS) is 21.3. The van der Waals surface area contributed by atoms with E-state index in [9.17, 15) is 4.79 Å². The highest BCUT2D eigenvalue weighted by Gasteiger charge is 2.40. The number of amides is 1. The fourth-order valence-electron chi connectivity index (χ4n) is 3.00. The van der Waals surface area contributed by atoms with Gasteiger partial charge in [0.2, 0.25) is 5.91 Å². The van der Waals surface area contributed by atoms with Crippen molar-refractivity contribution >= 4 is 24.0 Å². The van der Waals surface area contributed by atoms with Gasteiger partial charge in [-0.15, -0.1) is 12.4 Å². The van der Waals surface area contributed by atoms with Crippen molar-refractivity contribution in [1.29, 1.82) is 0 Å². The van der Waals surface area contributed by atoms with Crippen LogP contribution < -0.4 is 10.6 Å². The zero-order valence-electron chi connectivity index (χ0n) is 9.66. The van der Waals surface area contributed by atoms with Crippen LogP contribution >= 0.6 is 12.4 Å². The van der Waals surface area contributed by atoms with Gasteiger partial charge >= 0.3 is 0 Å². The second-order valence-electron chi connectivity index (χ2n) is 4.80. The number of piperidine rings is 1. The number of benzene rings is 1. The number of hydrogen-bond donors (Lipinski definition) is 2. The van der Waals surface area contributed by atoms with Crippen LogP contribution in [0.15, 0.2) is 24.3 Å². The van der Waals surface area contributed by atoms with Crippen LogP contribution in [0.1, 0.15) is 24.8 Å². The number of anilines is 1. The molecule has 4 heteroatoms. The standard InChI is InChI=1S/C13H16N2O.ClH/c16-12-9-13(5-7-14-8-6-13)10-3-1-2-4-11(10)15-12;/h1-4,14H,5-9H2,(H,15,16);1H. The minimum absolute atomic E-state index is 0. The van der Waals surface area contributed by atoms with E-state index in [1.165, 1.54) is 5.56 Å². The molecule has 0 unspecified atom stereocenters. The highest BCUT2D eigenvalue weighted by Crippen LogP contribution is 2.43. The van der Waals surface area contributed by atoms with Crippen molar-refractivity contribution in [1.82, 2.24) is 5.32 Å². The summed E-state index contributed by atoms with van der Waals surface area (Å²) < 4.78 is 0. The second kappa shape index (κ2) is 4.67. The number of carbonyl (C=O) groups excluding carboxylic acids is 1. The monoisotopic (exact) mass is 252 g/mol. The first-order valence-electron chi connectivity index (χ1n) is 5.90. The third kappa shape index (κ3) is 2.05. The van der Waals surface area contributed by atoms with Gasteiger partial charge in [-0.05, 0) is 37.6 Å². The number of rotatable bonds is 0. The Kier molecular flexibility index (Phi) is 3.40. The van der Waals surface area contributed by atoms with Crippen molar-refractivity contribution in [3.05, 3.63) is 29.8 Å². The smallest absolute Gasteiger partial charge is 0.225 e. The molecule has 0 atom stereocenters. The molecule has 0 radical (unpaired) electrons. The third-order valence-electron chi connectivity index (χ3n) is 3.83. The highest BCUT2D eigenvalue weighted by atomic mass is 35.5. The predicted molar refractivity (Wildman–Crippen MR) is 70.7 cm³/mol. The molecule has 1 aromatic rings. The molecule has 0 bridgehead atoms. The summed E-state index contributed by atoms with van der Waals surface area (Å²) in [7, 11) is 0. The molecule has 1 aromatic carbocycles. The molecular formula is C13H17ClN2O. The molecule has 3 rings (SSSR count). The Bertz CT molecular complexity index is 427. The van der Waals surface area contributed by atoms with Crippen molar-refractivity contribution < 1.29 is 4.79 Å². The second-order valence-corrected chi connectivity index (χ2v) is 4.80. The maximum absolute atomic E-state index is 11.8. The molecule has 2 aliphatic heterocycles. The van der Waals surface area contributed by atoms with Crippen LogP contribution in [0.3, 0.4) is 0 Å². The summed E-state index contributed by atoms with van der Waals surface area (Å²) in [5, 5.41) is 6.34. The Hall–Kier alpha value is -1.06. The summed E-state index contributed by atoms with van der Waals surface area (Å²) in [6.45, 7) is 2.03. The Morgan fingerprint density at radius 1 is 1.12 bits per heavy atom. The molecule has 1 spiro atoms. The van der Waals surface area contributed by atoms with Crippen molar-refractivity contribution in [2.75, 3.05) is 18.4 Å². The largest absolute Gasteiger partial charge is 0.326 e. The van der Waals surface area contributed by atoms with E-state index in [0.29, 0.717) is 6.42 Å². The van der Waals surface area contributed by atoms with Gasteiger partial charge in [-0.2, -0.15) is 0 Å². The van der Waals surface area contributed by atoms with Gasteiger partial charge in [0, 0.05) is 17.5 Å². The first-order valence-corrected chi connectivity index (χ1v) is 5.90. The topological polar surface area (TPSA) is 41.1 Å². The predicted octanol–water partition coefficient (Wildman–Crippen LogP) is 2.07. The van der Waals surface area contributed by atoms with E-state index >= 15 is 0 Å². The van der Waals surface area contributed by atoms with Crippen LogP contribution in [0.25, 0.3) is 0 Å². The SMILES string of the molecule is Cl.O=C1CC2(CCNCC2)c2ccccc2N1. The van der Waals surface area contributed by atoms with E-state index in [4.69, 9.17) is 0 Å². The van der Waals surface area contributed by atoms with Crippen LogP contribution in [-0.2, 0) is 10.2 Å². The van der Waals surface area contributed by atoms with Crippen molar-refractivity contribution in [3.8, 4) is 0 Å². The lowest BCUT2D eigenvalue weighted by Crippen LogP contribution is -2.45. The van der Waals surface area contributed by atoms with Gasteiger partial charge in [0.15, 0.2) is 0 Å². The van der Waals surface area contributed by atoms with E-state index in [0.717, 1.165) is 31.6 Å². The van der Waals surface area contributed by atoms with Crippen molar-refractivity contribution in [3.63, 3.8) is 0 Å². The Balaban J connectivity index is 0.00000108. The van der Waals surface area contributed by atoms with Gasteiger partial charge in [0.05, 0.1) is 0 Å². The molecule has 1 amide bonds. The lowest BCUT2D eigenvalue weighted by molar-refractivity contribution is -0.118. The molecule has 2 N–H and O–H groups in total. The zero-order valence-corrected chi connectivity index (χ0v) is 10.5. The minimum Gasteiger partial charge on any atom is -0.326 e. The number of nitrogens with one attached hydrogen (secondary N) is 2. The summed E-state index contributed by atoms with van der Waals surface area (Å²) in [6.07, 6.45) is 2.78. The Morgan fingerprint density at radius 2 is 1.82 bits per heavy atom. The number of hydrogen-bond acceptors (Lipinski definition) is 2. The van der Waals surface area contributed by atoms with Gasteiger partial charge in [-0.25, -0.2) is 0 Å². The minimum atomic E-state index is 0. The fourth-order valence-corrected chi connectivity index (χ4v) is 3.00. The molecule has 1 saturated heterocycles. The van der Waals surface area contributed by atoms with E-state index in [2.05, 4.69) is 22.8 Å². The summed E-state index contributed by atoms with van der Waals surface area (Å²) in [6, 6.07) is 8.23. The zero-order chi connectivity index (χ0) is 11.0. The molecule has 0 saturated carbocycles. The maximum Gasteiger partial charge on any atom is 0.225 e. The van der Waals surface area contributed by atoms with Crippen LogP contribution in [0.4, 0.5) is 5.69 Å². The average Bonchev–Trinajstić information content (AvgIpc) is 2.30. The van der Waals surface area contributed by atoms with Crippen LogP contribution in [0.2, 0.25) is 0 Å². The third-order valence-corrected chi connectivity index (χ3v) is 3.83. The number of carbonyl (C=O) groups is 1. The summed E-state index contributed by atoms with van der Waals surface area (Å²) in [5.41, 5.74) is 2.43. The summed E-state index contributed by atoms with van der Waals surface area (Å²) >= 11 is 0. The lowest BCUT2D eigenvalue weighted by Gasteiger charge is -2.41. The number of fused-ring (bicyclic) bond motifs is 2. The number of para-hydroxylation sites is 1. The molecule has 17 heavy (non-hydrogen) atoms. The molecule has 2 aliphatic rings. The molecular weight excluding hydrogens is 236 g/mol. The molecule has 0 aliphatic carbocycles. The fraction of sp³-hybridized carbons (Fsp3) is 0.462. The maximum atomic E-state index is 11.8. The van der Waals surface area contributed by atoms with Crippen molar-refractivity contribution in [2.24, 2.45) is 0 Å². The molecule has 3 nitrogen and oxygen atoms in total. The first-order chi connectivity index (χ1) is 7.80. The van der Waals surface area contributed by atoms with Gasteiger partial charge in [-0.3, -0.25) is 4.79 Å². The molecule has 1 fully saturated rings. The van der Waals surface area contributed by atoms with Gasteiger partial charge in [0.25, 0.3) is 0 Å². The summed E-state index contributed by atoms with van der Waals surface area (Å²) in [5.74, 6) is 0.167. The van der Waals surface area contributed by atoms with Crippen LogP contribution in [0, 0.1) is 0 Å². The van der Waals surface area contributed by atoms with E-state index < -0.39 is 0 Å². The molecule has 92 valence electrons. The van der Waals surface area contributed by atoms with Crippen LogP contribution in [0.5, 0.6) is 0 Å². The van der Waals surface area contributed by atoms with Gasteiger partial charge < -0.3 is 10.6 Å². The average molecular weight is 253 g/mol. The quantitative estimate of drug-likeness (QED) is 0.742. The Labute approximate surface area is 107 Å². The van der Waals surface area contributed by atoms with Crippen molar-refractivity contribution in [2.45, 2.75) is 24.7 Å². The lowest BCUT2D eigenvalue weighted by atomic mass is 9.68. The van der Waals surface area contributed by atoms with Crippen LogP contribution in [-0.4, -0.2) is 19.0 Å².